The van der Waals surface area contributed by atoms with Gasteiger partial charge in [-0.15, -0.1) is 0 Å². The monoisotopic (exact) mass is 563 g/mol. The quantitative estimate of drug-likeness (QED) is 0.298. The van der Waals surface area contributed by atoms with Crippen LogP contribution in [-0.4, -0.2) is 55.9 Å². The SMILES string of the molecule is N#CCN(CC(=O)CN[C@@H](CN1CCCC1)c1ccc(-c2cccc(C(N)=O)c2)cc1)c1ccc(Cl)c(Cl)c1. The Labute approximate surface area is 239 Å². The fourth-order valence-corrected chi connectivity index (χ4v) is 5.07. The molecule has 1 fully saturated rings. The maximum absolute atomic E-state index is 13.0. The van der Waals surface area contributed by atoms with E-state index in [0.29, 0.717) is 21.3 Å². The second-order valence-electron chi connectivity index (χ2n) is 9.66. The Morgan fingerprint density at radius 3 is 2.41 bits per heavy atom. The van der Waals surface area contributed by atoms with Crippen molar-refractivity contribution in [3.05, 3.63) is 87.9 Å². The number of halogens is 2. The molecule has 0 radical (unpaired) electrons. The number of ketones is 1. The van der Waals surface area contributed by atoms with Crippen LogP contribution in [0.3, 0.4) is 0 Å². The Bertz CT molecular complexity index is 1350. The molecular weight excluding hydrogens is 533 g/mol. The van der Waals surface area contributed by atoms with Crippen LogP contribution < -0.4 is 16.0 Å². The van der Waals surface area contributed by atoms with E-state index in [9.17, 15) is 14.9 Å². The van der Waals surface area contributed by atoms with Crippen molar-refractivity contribution in [3.8, 4) is 17.2 Å². The molecule has 1 atom stereocenters. The van der Waals surface area contributed by atoms with E-state index in [1.165, 1.54) is 12.8 Å². The molecule has 1 heterocycles. The lowest BCUT2D eigenvalue weighted by atomic mass is 9.99. The lowest BCUT2D eigenvalue weighted by molar-refractivity contribution is -0.117. The van der Waals surface area contributed by atoms with Crippen LogP contribution in [-0.2, 0) is 4.79 Å². The summed E-state index contributed by atoms with van der Waals surface area (Å²) in [4.78, 5) is 28.7. The highest BCUT2D eigenvalue weighted by molar-refractivity contribution is 6.42. The Morgan fingerprint density at radius 2 is 1.74 bits per heavy atom. The molecule has 1 amide bonds. The predicted molar refractivity (Wildman–Crippen MR) is 156 cm³/mol. The normalized spacial score (nSPS) is 14.1. The molecule has 39 heavy (non-hydrogen) atoms. The summed E-state index contributed by atoms with van der Waals surface area (Å²) in [7, 11) is 0. The van der Waals surface area contributed by atoms with E-state index in [-0.39, 0.29) is 31.5 Å². The number of carbonyl (C=O) groups excluding carboxylic acids is 2. The van der Waals surface area contributed by atoms with Crippen LogP contribution in [0.5, 0.6) is 0 Å². The molecule has 0 bridgehead atoms. The van der Waals surface area contributed by atoms with E-state index in [0.717, 1.165) is 36.3 Å². The Kier molecular flexibility index (Phi) is 9.96. The molecule has 9 heteroatoms. The molecule has 4 rings (SSSR count). The van der Waals surface area contributed by atoms with Gasteiger partial charge in [0.25, 0.3) is 0 Å². The summed E-state index contributed by atoms with van der Waals surface area (Å²) in [5.74, 6) is -0.497. The van der Waals surface area contributed by atoms with Crippen LogP contribution in [0.25, 0.3) is 11.1 Å². The van der Waals surface area contributed by atoms with Gasteiger partial charge in [-0.25, -0.2) is 0 Å². The first-order valence-corrected chi connectivity index (χ1v) is 13.6. The largest absolute Gasteiger partial charge is 0.366 e. The molecule has 1 saturated heterocycles. The van der Waals surface area contributed by atoms with E-state index in [2.05, 4.69) is 28.4 Å². The number of benzene rings is 3. The van der Waals surface area contributed by atoms with Gasteiger partial charge >= 0.3 is 0 Å². The second kappa shape index (κ2) is 13.6. The number of anilines is 1. The van der Waals surface area contributed by atoms with E-state index < -0.39 is 5.91 Å². The lowest BCUT2D eigenvalue weighted by Gasteiger charge is -2.26. The minimum atomic E-state index is -0.458. The van der Waals surface area contributed by atoms with Gasteiger partial charge in [0.15, 0.2) is 5.78 Å². The van der Waals surface area contributed by atoms with Crippen LogP contribution in [0, 0.1) is 11.3 Å². The fourth-order valence-electron chi connectivity index (χ4n) is 4.78. The summed E-state index contributed by atoms with van der Waals surface area (Å²) in [6.45, 7) is 3.15. The number of amides is 1. The molecule has 0 unspecified atom stereocenters. The van der Waals surface area contributed by atoms with Crippen molar-refractivity contribution in [2.75, 3.05) is 44.2 Å². The summed E-state index contributed by atoms with van der Waals surface area (Å²) in [5, 5.41) is 13.5. The van der Waals surface area contributed by atoms with E-state index >= 15 is 0 Å². The fraction of sp³-hybridized carbons (Fsp3) is 0.300. The average molecular weight is 565 g/mol. The van der Waals surface area contributed by atoms with Crippen molar-refractivity contribution in [1.82, 2.24) is 10.2 Å². The molecule has 3 N–H and O–H groups in total. The Morgan fingerprint density at radius 1 is 1.00 bits per heavy atom. The lowest BCUT2D eigenvalue weighted by Crippen LogP contribution is -2.39. The minimum absolute atomic E-state index is 0.0392. The third-order valence-electron chi connectivity index (χ3n) is 6.88. The van der Waals surface area contributed by atoms with Gasteiger partial charge in [0.1, 0.15) is 6.54 Å². The standard InChI is InChI=1S/C30H31Cl2N5O2/c31-27-11-10-25(17-28(27)32)37(15-12-33)19-26(38)18-35-29(20-36-13-1-2-14-36)22-8-6-21(7-9-22)23-4-3-5-24(16-23)30(34)39/h3-11,16-17,29,35H,1-2,13-15,18-20H2,(H2,34,39)/t29-/m0/s1. The van der Waals surface area contributed by atoms with Crippen molar-refractivity contribution < 1.29 is 9.59 Å². The van der Waals surface area contributed by atoms with Crippen LogP contribution in [0.4, 0.5) is 5.69 Å². The van der Waals surface area contributed by atoms with Gasteiger partial charge in [-0.1, -0.05) is 59.6 Å². The van der Waals surface area contributed by atoms with Gasteiger partial charge in [0.2, 0.25) is 5.91 Å². The van der Waals surface area contributed by atoms with E-state index in [4.69, 9.17) is 28.9 Å². The van der Waals surface area contributed by atoms with Gasteiger partial charge in [-0.2, -0.15) is 5.26 Å². The smallest absolute Gasteiger partial charge is 0.248 e. The van der Waals surface area contributed by atoms with Gasteiger partial charge in [0.05, 0.1) is 29.2 Å². The summed E-state index contributed by atoms with van der Waals surface area (Å²) in [6, 6.07) is 22.6. The molecule has 1 aliphatic rings. The first-order valence-electron chi connectivity index (χ1n) is 12.9. The molecule has 3 aromatic carbocycles. The van der Waals surface area contributed by atoms with Crippen LogP contribution in [0.2, 0.25) is 10.0 Å². The second-order valence-corrected chi connectivity index (χ2v) is 10.5. The molecule has 3 aromatic rings. The summed E-state index contributed by atoms with van der Waals surface area (Å²) in [6.07, 6.45) is 2.35. The molecule has 1 aliphatic heterocycles. The van der Waals surface area contributed by atoms with Crippen LogP contribution >= 0.6 is 23.2 Å². The van der Waals surface area contributed by atoms with E-state index in [1.54, 1.807) is 35.2 Å². The molecule has 7 nitrogen and oxygen atoms in total. The number of primary amides is 1. The minimum Gasteiger partial charge on any atom is -0.366 e. The predicted octanol–water partition coefficient (Wildman–Crippen LogP) is 5.09. The third-order valence-corrected chi connectivity index (χ3v) is 7.61. The number of Topliss-reactive ketones (excluding diaryl/α,β-unsaturated/α-hetero) is 1. The Balaban J connectivity index is 1.46. The van der Waals surface area contributed by atoms with Gasteiger partial charge in [-0.05, 0) is 73.0 Å². The molecule has 0 saturated carbocycles. The highest BCUT2D eigenvalue weighted by Crippen LogP contribution is 2.27. The summed E-state index contributed by atoms with van der Waals surface area (Å²) in [5.41, 5.74) is 9.55. The van der Waals surface area contributed by atoms with E-state index in [1.807, 2.05) is 24.3 Å². The van der Waals surface area contributed by atoms with Crippen molar-refractivity contribution >= 4 is 40.6 Å². The molecule has 202 valence electrons. The molecule has 0 aliphatic carbocycles. The van der Waals surface area contributed by atoms with Crippen molar-refractivity contribution in [3.63, 3.8) is 0 Å². The van der Waals surface area contributed by atoms with Crippen molar-refractivity contribution in [2.24, 2.45) is 5.73 Å². The Hall–Kier alpha value is -3.41. The zero-order valence-electron chi connectivity index (χ0n) is 21.6. The average Bonchev–Trinajstić information content (AvgIpc) is 3.46. The number of nitrogens with two attached hydrogens (primary N) is 1. The zero-order chi connectivity index (χ0) is 27.8. The molecule has 0 aromatic heterocycles. The highest BCUT2D eigenvalue weighted by Gasteiger charge is 2.21. The topological polar surface area (TPSA) is 102 Å². The third kappa shape index (κ3) is 7.81. The van der Waals surface area contributed by atoms with Crippen LogP contribution in [0.1, 0.15) is 34.8 Å². The van der Waals surface area contributed by atoms with Crippen LogP contribution in [0.15, 0.2) is 66.7 Å². The molecular formula is C30H31Cl2N5O2. The first-order chi connectivity index (χ1) is 18.8. The number of nitrogens with one attached hydrogen (secondary N) is 1. The summed E-state index contributed by atoms with van der Waals surface area (Å²) < 4.78 is 0. The van der Waals surface area contributed by atoms with Gasteiger partial charge in [-0.3, -0.25) is 9.59 Å². The number of hydrogen-bond donors (Lipinski definition) is 2. The maximum atomic E-state index is 13.0. The number of rotatable bonds is 12. The van der Waals surface area contributed by atoms with Crippen molar-refractivity contribution in [2.45, 2.75) is 18.9 Å². The summed E-state index contributed by atoms with van der Waals surface area (Å²) >= 11 is 12.2. The zero-order valence-corrected chi connectivity index (χ0v) is 23.1. The first kappa shape index (κ1) is 28.6. The van der Waals surface area contributed by atoms with Crippen molar-refractivity contribution in [1.29, 1.82) is 5.26 Å². The number of carbonyl (C=O) groups is 2. The number of hydrogen-bond acceptors (Lipinski definition) is 6. The number of likely N-dealkylation sites (tertiary alicyclic amines) is 1. The maximum Gasteiger partial charge on any atom is 0.248 e. The van der Waals surface area contributed by atoms with Gasteiger partial charge < -0.3 is 20.9 Å². The number of nitriles is 1. The highest BCUT2D eigenvalue weighted by atomic mass is 35.5. The van der Waals surface area contributed by atoms with Gasteiger partial charge in [0, 0.05) is 23.8 Å². The number of nitrogens with zero attached hydrogens (tertiary/aromatic N) is 3. The molecule has 0 spiro atoms.